The van der Waals surface area contributed by atoms with Gasteiger partial charge < -0.3 is 10.6 Å². The number of hydroxylamine groups is 1. The Labute approximate surface area is 106 Å². The summed E-state index contributed by atoms with van der Waals surface area (Å²) in [6.45, 7) is 0. The van der Waals surface area contributed by atoms with Gasteiger partial charge in [-0.2, -0.15) is 5.01 Å². The first kappa shape index (κ1) is 12.4. The second-order valence-electron chi connectivity index (χ2n) is 3.26. The Kier molecular flexibility index (Phi) is 3.51. The van der Waals surface area contributed by atoms with Crippen LogP contribution in [0.3, 0.4) is 0 Å². The number of guanidine groups is 1. The first-order chi connectivity index (χ1) is 8.60. The molecule has 5 N–H and O–H groups in total. The standard InChI is InChI=1S/C9H9ClFN5O2/c10-5-1-6(11)3-7(2-5)13-9(14-17)16-8(12)4-18-15-16/h1-4,15,17H,12H2,(H,13,14). The zero-order valence-electron chi connectivity index (χ0n) is 8.89. The molecule has 1 aromatic rings. The molecular weight excluding hydrogens is 265 g/mol. The molecule has 0 unspecified atom stereocenters. The molecule has 0 bridgehead atoms. The number of halogens is 2. The van der Waals surface area contributed by atoms with E-state index in [9.17, 15) is 4.39 Å². The van der Waals surface area contributed by atoms with E-state index in [1.165, 1.54) is 12.3 Å². The van der Waals surface area contributed by atoms with E-state index in [1.807, 2.05) is 5.48 Å². The minimum Gasteiger partial charge on any atom is -0.392 e. The van der Waals surface area contributed by atoms with Gasteiger partial charge in [0.25, 0.3) is 0 Å². The summed E-state index contributed by atoms with van der Waals surface area (Å²) in [6.07, 6.45) is 1.20. The Balaban J connectivity index is 2.31. The maximum atomic E-state index is 13.1. The summed E-state index contributed by atoms with van der Waals surface area (Å²) in [5.74, 6) is -0.506. The maximum absolute atomic E-state index is 13.1. The molecule has 0 atom stereocenters. The third-order valence-corrected chi connectivity index (χ3v) is 2.19. The molecule has 1 aromatic carbocycles. The summed E-state index contributed by atoms with van der Waals surface area (Å²) in [5.41, 5.74) is 9.88. The van der Waals surface area contributed by atoms with Crippen LogP contribution in [0.5, 0.6) is 0 Å². The number of benzene rings is 1. The van der Waals surface area contributed by atoms with Crippen molar-refractivity contribution in [1.29, 1.82) is 0 Å². The molecule has 0 aliphatic carbocycles. The van der Waals surface area contributed by atoms with Crippen molar-refractivity contribution < 1.29 is 14.4 Å². The SMILES string of the molecule is NC1=CONN1C(=Nc1cc(F)cc(Cl)c1)NO. The van der Waals surface area contributed by atoms with Gasteiger partial charge in [-0.3, -0.25) is 5.21 Å². The lowest BCUT2D eigenvalue weighted by molar-refractivity contribution is 0.0632. The highest BCUT2D eigenvalue weighted by molar-refractivity contribution is 6.30. The Bertz CT molecular complexity index is 501. The van der Waals surface area contributed by atoms with Crippen molar-refractivity contribution in [2.24, 2.45) is 10.7 Å². The lowest BCUT2D eigenvalue weighted by Crippen LogP contribution is -2.45. The van der Waals surface area contributed by atoms with Crippen molar-refractivity contribution in [3.8, 4) is 0 Å². The van der Waals surface area contributed by atoms with Crippen molar-refractivity contribution in [2.45, 2.75) is 0 Å². The van der Waals surface area contributed by atoms with E-state index in [0.29, 0.717) is 0 Å². The molecular formula is C9H9ClFN5O2. The fraction of sp³-hybridized carbons (Fsp3) is 0. The van der Waals surface area contributed by atoms with Gasteiger partial charge >= 0.3 is 0 Å². The number of nitrogens with two attached hydrogens (primary N) is 1. The predicted molar refractivity (Wildman–Crippen MR) is 61.8 cm³/mol. The molecule has 0 aromatic heterocycles. The zero-order valence-corrected chi connectivity index (χ0v) is 9.65. The number of rotatable bonds is 1. The van der Waals surface area contributed by atoms with Gasteiger partial charge in [-0.1, -0.05) is 17.2 Å². The third-order valence-electron chi connectivity index (χ3n) is 1.98. The largest absolute Gasteiger partial charge is 0.392 e. The molecule has 1 aliphatic heterocycles. The number of hydrogen-bond acceptors (Lipinski definition) is 5. The van der Waals surface area contributed by atoms with Crippen LogP contribution >= 0.6 is 11.6 Å². The molecule has 2 rings (SSSR count). The highest BCUT2D eigenvalue weighted by atomic mass is 35.5. The molecule has 0 fully saturated rings. The maximum Gasteiger partial charge on any atom is 0.246 e. The highest BCUT2D eigenvalue weighted by Gasteiger charge is 2.19. The van der Waals surface area contributed by atoms with Gasteiger partial charge in [0.15, 0.2) is 12.1 Å². The summed E-state index contributed by atoms with van der Waals surface area (Å²) in [6, 6.07) is 3.69. The minimum absolute atomic E-state index is 0.108. The second kappa shape index (κ2) is 5.08. The van der Waals surface area contributed by atoms with Gasteiger partial charge in [0, 0.05) is 5.02 Å². The van der Waals surface area contributed by atoms with E-state index in [4.69, 9.17) is 27.4 Å². The third kappa shape index (κ3) is 2.62. The van der Waals surface area contributed by atoms with Crippen LogP contribution < -0.4 is 16.8 Å². The predicted octanol–water partition coefficient (Wildman–Crippen LogP) is 0.955. The molecule has 96 valence electrons. The van der Waals surface area contributed by atoms with Gasteiger partial charge in [0.2, 0.25) is 5.96 Å². The van der Waals surface area contributed by atoms with Crippen molar-refractivity contribution in [1.82, 2.24) is 16.1 Å². The smallest absolute Gasteiger partial charge is 0.246 e. The second-order valence-corrected chi connectivity index (χ2v) is 3.70. The highest BCUT2D eigenvalue weighted by Crippen LogP contribution is 2.21. The normalized spacial score (nSPS) is 15.4. The fourth-order valence-electron chi connectivity index (χ4n) is 1.26. The average molecular weight is 274 g/mol. The summed E-state index contributed by atoms with van der Waals surface area (Å²) < 4.78 is 13.1. The minimum atomic E-state index is -0.548. The van der Waals surface area contributed by atoms with E-state index < -0.39 is 5.82 Å². The van der Waals surface area contributed by atoms with Crippen LogP contribution in [0.25, 0.3) is 0 Å². The molecule has 7 nitrogen and oxygen atoms in total. The number of hydrazine groups is 1. The monoisotopic (exact) mass is 273 g/mol. The topological polar surface area (TPSA) is 95.1 Å². The van der Waals surface area contributed by atoms with Crippen LogP contribution in [-0.4, -0.2) is 16.2 Å². The number of hydrogen-bond donors (Lipinski definition) is 4. The van der Waals surface area contributed by atoms with Crippen LogP contribution in [0.1, 0.15) is 0 Å². The molecule has 18 heavy (non-hydrogen) atoms. The molecule has 0 radical (unpaired) electrons. The molecule has 1 heterocycles. The van der Waals surface area contributed by atoms with Gasteiger partial charge in [-0.15, -0.1) is 0 Å². The summed E-state index contributed by atoms with van der Waals surface area (Å²) >= 11 is 5.68. The Hall–Kier alpha value is -2.03. The van der Waals surface area contributed by atoms with Gasteiger partial charge in [-0.05, 0) is 18.2 Å². The first-order valence-corrected chi connectivity index (χ1v) is 5.10. The first-order valence-electron chi connectivity index (χ1n) is 4.72. The Morgan fingerprint density at radius 1 is 1.56 bits per heavy atom. The summed E-state index contributed by atoms with van der Waals surface area (Å²) in [5, 5.41) is 10.3. The molecule has 0 amide bonds. The Morgan fingerprint density at radius 2 is 2.33 bits per heavy atom. The van der Waals surface area contributed by atoms with E-state index >= 15 is 0 Å². The van der Waals surface area contributed by atoms with Crippen LogP contribution in [-0.2, 0) is 4.84 Å². The number of nitrogens with one attached hydrogen (secondary N) is 2. The molecule has 0 spiro atoms. The fourth-order valence-corrected chi connectivity index (χ4v) is 1.48. The zero-order chi connectivity index (χ0) is 13.1. The van der Waals surface area contributed by atoms with Crippen molar-refractivity contribution >= 4 is 23.2 Å². The molecule has 0 saturated carbocycles. The van der Waals surface area contributed by atoms with Crippen molar-refractivity contribution in [3.63, 3.8) is 0 Å². The van der Waals surface area contributed by atoms with Crippen molar-refractivity contribution in [3.05, 3.63) is 41.1 Å². The molecule has 0 saturated heterocycles. The van der Waals surface area contributed by atoms with Crippen LogP contribution in [0, 0.1) is 5.82 Å². The number of nitrogens with zero attached hydrogens (tertiary/aromatic N) is 2. The quantitative estimate of drug-likeness (QED) is 0.346. The lowest BCUT2D eigenvalue weighted by atomic mass is 10.3. The van der Waals surface area contributed by atoms with Crippen molar-refractivity contribution in [2.75, 3.05) is 0 Å². The number of aliphatic imine (C=N–C) groups is 1. The average Bonchev–Trinajstić information content (AvgIpc) is 2.71. The van der Waals surface area contributed by atoms with Gasteiger partial charge in [0.1, 0.15) is 5.82 Å². The Morgan fingerprint density at radius 3 is 2.89 bits per heavy atom. The van der Waals surface area contributed by atoms with Crippen LogP contribution in [0.2, 0.25) is 5.02 Å². The molecule has 9 heteroatoms. The van der Waals surface area contributed by atoms with E-state index in [2.05, 4.69) is 10.6 Å². The summed E-state index contributed by atoms with van der Waals surface area (Å²) in [7, 11) is 0. The van der Waals surface area contributed by atoms with E-state index in [1.54, 1.807) is 0 Å². The van der Waals surface area contributed by atoms with E-state index in [-0.39, 0.29) is 22.5 Å². The van der Waals surface area contributed by atoms with E-state index in [0.717, 1.165) is 17.1 Å². The summed E-state index contributed by atoms with van der Waals surface area (Å²) in [4.78, 5) is 8.62. The lowest BCUT2D eigenvalue weighted by Gasteiger charge is -2.17. The van der Waals surface area contributed by atoms with Crippen LogP contribution in [0.15, 0.2) is 35.3 Å². The van der Waals surface area contributed by atoms with Gasteiger partial charge in [0.05, 0.1) is 5.69 Å². The van der Waals surface area contributed by atoms with Crippen LogP contribution in [0.4, 0.5) is 10.1 Å². The molecule has 1 aliphatic rings. The van der Waals surface area contributed by atoms with Gasteiger partial charge in [-0.25, -0.2) is 14.9 Å².